The van der Waals surface area contributed by atoms with Crippen LogP contribution in [-0.2, 0) is 9.53 Å². The number of aromatic nitrogens is 1. The van der Waals surface area contributed by atoms with Crippen LogP contribution in [0.2, 0.25) is 0 Å². The lowest BCUT2D eigenvalue weighted by molar-refractivity contribution is -0.143. The van der Waals surface area contributed by atoms with Crippen LogP contribution in [0.15, 0.2) is 60.8 Å². The zero-order chi connectivity index (χ0) is 23.4. The average molecular weight is 449 g/mol. The van der Waals surface area contributed by atoms with Crippen LogP contribution in [0.25, 0.3) is 10.9 Å². The van der Waals surface area contributed by atoms with Crippen molar-refractivity contribution in [3.63, 3.8) is 0 Å². The Bertz CT molecular complexity index is 1140. The van der Waals surface area contributed by atoms with E-state index in [0.717, 1.165) is 16.5 Å². The minimum Gasteiger partial charge on any atom is -0.467 e. The molecular weight excluding hydrogens is 420 g/mol. The molecule has 4 rings (SSSR count). The second kappa shape index (κ2) is 9.77. The highest BCUT2D eigenvalue weighted by molar-refractivity contribution is 5.94. The molecule has 1 fully saturated rings. The first-order valence-corrected chi connectivity index (χ1v) is 11.0. The van der Waals surface area contributed by atoms with Gasteiger partial charge in [-0.25, -0.2) is 9.59 Å². The van der Waals surface area contributed by atoms with Crippen LogP contribution in [0.4, 0.5) is 4.79 Å². The van der Waals surface area contributed by atoms with Crippen LogP contribution >= 0.6 is 0 Å². The Balaban J connectivity index is 1.42. The second-order valence-electron chi connectivity index (χ2n) is 8.17. The summed E-state index contributed by atoms with van der Waals surface area (Å²) in [5, 5.41) is 3.86. The number of methoxy groups -OCH3 is 1. The summed E-state index contributed by atoms with van der Waals surface area (Å²) in [5.41, 5.74) is 2.53. The number of hydrogen-bond donors (Lipinski definition) is 2. The van der Waals surface area contributed by atoms with E-state index >= 15 is 0 Å². The fourth-order valence-corrected chi connectivity index (χ4v) is 4.27. The van der Waals surface area contributed by atoms with Crippen LogP contribution < -0.4 is 5.32 Å². The van der Waals surface area contributed by atoms with Gasteiger partial charge in [-0.2, -0.15) is 0 Å². The number of esters is 1. The van der Waals surface area contributed by atoms with E-state index in [1.54, 1.807) is 21.9 Å². The molecule has 0 bridgehead atoms. The number of amides is 3. The van der Waals surface area contributed by atoms with Gasteiger partial charge in [0.2, 0.25) is 0 Å². The molecule has 8 nitrogen and oxygen atoms in total. The van der Waals surface area contributed by atoms with Crippen molar-refractivity contribution in [3.8, 4) is 0 Å². The summed E-state index contributed by atoms with van der Waals surface area (Å²) >= 11 is 0. The van der Waals surface area contributed by atoms with Crippen LogP contribution in [0, 0.1) is 0 Å². The molecule has 1 saturated heterocycles. The summed E-state index contributed by atoms with van der Waals surface area (Å²) < 4.78 is 4.99. The molecule has 0 saturated carbocycles. The highest BCUT2D eigenvalue weighted by Gasteiger charge is 2.33. The normalized spacial score (nSPS) is 15.7. The molecule has 0 aliphatic carbocycles. The van der Waals surface area contributed by atoms with E-state index in [-0.39, 0.29) is 17.9 Å². The molecule has 8 heteroatoms. The monoisotopic (exact) mass is 448 g/mol. The number of ether oxygens (including phenoxy) is 1. The minimum atomic E-state index is -0.842. The molecule has 2 aromatic carbocycles. The van der Waals surface area contributed by atoms with Crippen molar-refractivity contribution in [2.45, 2.75) is 18.9 Å². The fraction of sp³-hybridized carbons (Fsp3) is 0.320. The van der Waals surface area contributed by atoms with Gasteiger partial charge in [-0.15, -0.1) is 0 Å². The third kappa shape index (κ3) is 4.69. The van der Waals surface area contributed by atoms with E-state index in [9.17, 15) is 14.4 Å². The number of carbonyl (C=O) groups is 3. The average Bonchev–Trinajstić information content (AvgIpc) is 3.30. The van der Waals surface area contributed by atoms with Gasteiger partial charge in [-0.05, 0) is 23.8 Å². The lowest BCUT2D eigenvalue weighted by Gasteiger charge is -2.36. The Labute approximate surface area is 192 Å². The van der Waals surface area contributed by atoms with Crippen LogP contribution in [-0.4, -0.2) is 72.0 Å². The molecule has 2 heterocycles. The van der Waals surface area contributed by atoms with Crippen molar-refractivity contribution in [3.05, 3.63) is 71.9 Å². The maximum Gasteiger partial charge on any atom is 0.329 e. The number of hydrogen-bond acceptors (Lipinski definition) is 4. The zero-order valence-corrected chi connectivity index (χ0v) is 18.8. The number of H-pyrrole nitrogens is 1. The summed E-state index contributed by atoms with van der Waals surface area (Å²) in [6, 6.07) is 15.7. The van der Waals surface area contributed by atoms with Crippen molar-refractivity contribution in [2.24, 2.45) is 0 Å². The Morgan fingerprint density at radius 1 is 0.939 bits per heavy atom. The van der Waals surface area contributed by atoms with Gasteiger partial charge >= 0.3 is 12.0 Å². The zero-order valence-electron chi connectivity index (χ0n) is 18.8. The molecule has 0 spiro atoms. The maximum absolute atomic E-state index is 13.0. The van der Waals surface area contributed by atoms with E-state index in [1.807, 2.05) is 55.6 Å². The summed E-state index contributed by atoms with van der Waals surface area (Å²) in [7, 11) is 1.32. The molecule has 0 radical (unpaired) electrons. The SMILES string of the molecule is COC(=O)[C@H](NC(=O)N1CCN(C(=O)c2ccccc2)CC1)[C@@H](C)c1c[nH]c2ccccc12. The molecule has 2 N–H and O–H groups in total. The number of carbonyl (C=O) groups excluding carboxylic acids is 3. The highest BCUT2D eigenvalue weighted by atomic mass is 16.5. The number of nitrogens with one attached hydrogen (secondary N) is 2. The summed E-state index contributed by atoms with van der Waals surface area (Å²) in [6.07, 6.45) is 1.87. The van der Waals surface area contributed by atoms with Crippen LogP contribution in [0.1, 0.15) is 28.8 Å². The van der Waals surface area contributed by atoms with Gasteiger partial charge < -0.3 is 24.8 Å². The van der Waals surface area contributed by atoms with Crippen molar-refractivity contribution in [2.75, 3.05) is 33.3 Å². The van der Waals surface area contributed by atoms with Gasteiger partial charge in [-0.1, -0.05) is 43.3 Å². The molecular formula is C25H28N4O4. The molecule has 3 amide bonds. The van der Waals surface area contributed by atoms with Gasteiger partial charge in [0, 0.05) is 54.8 Å². The van der Waals surface area contributed by atoms with E-state index in [4.69, 9.17) is 4.74 Å². The first kappa shape index (κ1) is 22.4. The first-order valence-electron chi connectivity index (χ1n) is 11.0. The summed E-state index contributed by atoms with van der Waals surface area (Å²) in [6.45, 7) is 3.54. The Morgan fingerprint density at radius 2 is 1.58 bits per heavy atom. The Hall–Kier alpha value is -3.81. The molecule has 1 aliphatic rings. The summed E-state index contributed by atoms with van der Waals surface area (Å²) in [4.78, 5) is 44.8. The van der Waals surface area contributed by atoms with E-state index in [2.05, 4.69) is 10.3 Å². The standard InChI is InChI=1S/C25H28N4O4/c1-17(20-16-26-21-11-7-6-10-19(20)21)22(24(31)33-2)27-25(32)29-14-12-28(13-15-29)23(30)18-8-4-3-5-9-18/h3-11,16-17,22,26H,12-15H2,1-2H3,(H,27,32)/t17-,22+/m0/s1. The molecule has 3 aromatic rings. The lowest BCUT2D eigenvalue weighted by atomic mass is 9.93. The van der Waals surface area contributed by atoms with E-state index < -0.39 is 12.0 Å². The third-order valence-corrected chi connectivity index (χ3v) is 6.22. The van der Waals surface area contributed by atoms with Gasteiger partial charge in [-0.3, -0.25) is 4.79 Å². The maximum atomic E-state index is 13.0. The fourth-order valence-electron chi connectivity index (χ4n) is 4.27. The lowest BCUT2D eigenvalue weighted by Crippen LogP contribution is -2.56. The largest absolute Gasteiger partial charge is 0.467 e. The van der Waals surface area contributed by atoms with Gasteiger partial charge in [0.15, 0.2) is 0 Å². The number of urea groups is 1. The van der Waals surface area contributed by atoms with Crippen molar-refractivity contribution in [1.82, 2.24) is 20.1 Å². The highest BCUT2D eigenvalue weighted by Crippen LogP contribution is 2.28. The van der Waals surface area contributed by atoms with E-state index in [0.29, 0.717) is 31.7 Å². The Morgan fingerprint density at radius 3 is 2.27 bits per heavy atom. The first-order chi connectivity index (χ1) is 16.0. The molecule has 0 unspecified atom stereocenters. The molecule has 1 aromatic heterocycles. The molecule has 2 atom stereocenters. The van der Waals surface area contributed by atoms with Crippen molar-refractivity contribution in [1.29, 1.82) is 0 Å². The topological polar surface area (TPSA) is 94.7 Å². The third-order valence-electron chi connectivity index (χ3n) is 6.22. The summed E-state index contributed by atoms with van der Waals surface area (Å²) in [5.74, 6) is -0.853. The van der Waals surface area contributed by atoms with Crippen molar-refractivity contribution >= 4 is 28.8 Å². The van der Waals surface area contributed by atoms with Crippen LogP contribution in [0.5, 0.6) is 0 Å². The number of para-hydroxylation sites is 1. The van der Waals surface area contributed by atoms with Gasteiger partial charge in [0.1, 0.15) is 6.04 Å². The molecule has 1 aliphatic heterocycles. The Kier molecular flexibility index (Phi) is 6.63. The van der Waals surface area contributed by atoms with Gasteiger partial charge in [0.25, 0.3) is 5.91 Å². The smallest absolute Gasteiger partial charge is 0.329 e. The predicted molar refractivity (Wildman–Crippen MR) is 125 cm³/mol. The number of rotatable bonds is 5. The van der Waals surface area contributed by atoms with Crippen molar-refractivity contribution < 1.29 is 19.1 Å². The second-order valence-corrected chi connectivity index (χ2v) is 8.17. The number of aromatic amines is 1. The van der Waals surface area contributed by atoms with E-state index in [1.165, 1.54) is 7.11 Å². The molecule has 33 heavy (non-hydrogen) atoms. The van der Waals surface area contributed by atoms with Crippen LogP contribution in [0.3, 0.4) is 0 Å². The van der Waals surface area contributed by atoms with Gasteiger partial charge in [0.05, 0.1) is 7.11 Å². The quantitative estimate of drug-likeness (QED) is 0.587. The predicted octanol–water partition coefficient (Wildman–Crippen LogP) is 2.98. The number of fused-ring (bicyclic) bond motifs is 1. The minimum absolute atomic E-state index is 0.0453. The number of piperazine rings is 1. The number of benzene rings is 2. The number of nitrogens with zero attached hydrogens (tertiary/aromatic N) is 2. The molecule has 172 valence electrons.